The van der Waals surface area contributed by atoms with E-state index >= 15 is 0 Å². The van der Waals surface area contributed by atoms with Gasteiger partial charge in [0.2, 0.25) is 0 Å². The number of nitrogens with one attached hydrogen (secondary N) is 2. The number of H-pyrrole nitrogens is 2. The fourth-order valence-electron chi connectivity index (χ4n) is 3.89. The lowest BCUT2D eigenvalue weighted by atomic mass is 10.0. The molecule has 0 aliphatic rings. The Morgan fingerprint density at radius 1 is 0.714 bits per heavy atom. The Bertz CT molecular complexity index is 1280. The number of hydrogen-bond acceptors (Lipinski definition) is 1. The van der Waals surface area contributed by atoms with Gasteiger partial charge in [-0.15, -0.1) is 0 Å². The topological polar surface area (TPSA) is 44.5 Å². The Morgan fingerprint density at radius 2 is 1.46 bits per heavy atom. The molecule has 0 spiro atoms. The molecule has 0 saturated heterocycles. The van der Waals surface area contributed by atoms with Gasteiger partial charge >= 0.3 is 0 Å². The Hall–Kier alpha value is -3.59. The minimum atomic E-state index is 0.894. The number of aromatic amines is 2. The van der Waals surface area contributed by atoms with Gasteiger partial charge in [-0.1, -0.05) is 72.3 Å². The highest BCUT2D eigenvalue weighted by Gasteiger charge is 2.19. The highest BCUT2D eigenvalue weighted by molar-refractivity contribution is 5.97. The monoisotopic (exact) mass is 363 g/mol. The molecule has 0 atom stereocenters. The molecule has 5 rings (SSSR count). The van der Waals surface area contributed by atoms with E-state index in [1.54, 1.807) is 0 Å². The van der Waals surface area contributed by atoms with Crippen LogP contribution in [0, 0.1) is 13.8 Å². The van der Waals surface area contributed by atoms with Gasteiger partial charge in [0.25, 0.3) is 0 Å². The van der Waals surface area contributed by atoms with Gasteiger partial charge in [-0.2, -0.15) is 0 Å². The van der Waals surface area contributed by atoms with Gasteiger partial charge in [0.1, 0.15) is 5.82 Å². The van der Waals surface area contributed by atoms with E-state index in [1.165, 1.54) is 10.9 Å². The van der Waals surface area contributed by atoms with Gasteiger partial charge in [0.05, 0.1) is 11.4 Å². The van der Waals surface area contributed by atoms with Crippen LogP contribution >= 0.6 is 0 Å². The summed E-state index contributed by atoms with van der Waals surface area (Å²) in [5.74, 6) is 0.894. The highest BCUT2D eigenvalue weighted by atomic mass is 14.9. The summed E-state index contributed by atoms with van der Waals surface area (Å²) >= 11 is 0. The van der Waals surface area contributed by atoms with Gasteiger partial charge in [-0.3, -0.25) is 0 Å². The van der Waals surface area contributed by atoms with Crippen LogP contribution in [0.2, 0.25) is 0 Å². The molecule has 0 aliphatic heterocycles. The molecule has 0 saturated carbocycles. The van der Waals surface area contributed by atoms with Crippen molar-refractivity contribution < 1.29 is 0 Å². The number of aryl methyl sites for hydroxylation is 2. The van der Waals surface area contributed by atoms with Crippen LogP contribution < -0.4 is 0 Å². The Kier molecular flexibility index (Phi) is 3.87. The number of imidazole rings is 1. The normalized spacial score (nSPS) is 11.2. The zero-order chi connectivity index (χ0) is 19.1. The minimum Gasteiger partial charge on any atom is -0.358 e. The lowest BCUT2D eigenvalue weighted by molar-refractivity contribution is 1.25. The quantitative estimate of drug-likeness (QED) is 0.377. The maximum absolute atomic E-state index is 5.08. The number of rotatable bonds is 3. The molecule has 136 valence electrons. The first-order chi connectivity index (χ1) is 13.7. The van der Waals surface area contributed by atoms with Crippen LogP contribution in [0.3, 0.4) is 0 Å². The summed E-state index contributed by atoms with van der Waals surface area (Å²) in [4.78, 5) is 12.2. The lowest BCUT2D eigenvalue weighted by Crippen LogP contribution is -1.84. The predicted molar refractivity (Wildman–Crippen MR) is 116 cm³/mol. The van der Waals surface area contributed by atoms with E-state index < -0.39 is 0 Å². The summed E-state index contributed by atoms with van der Waals surface area (Å²) in [6, 6.07) is 27.3. The lowest BCUT2D eigenvalue weighted by Gasteiger charge is -2.04. The largest absolute Gasteiger partial charge is 0.358 e. The van der Waals surface area contributed by atoms with Crippen LogP contribution in [0.4, 0.5) is 0 Å². The maximum Gasteiger partial charge on any atom is 0.140 e. The SMILES string of the molecule is Cc1cccc(-c2nc(-c3c(C)[nH]c4ccccc34)[nH]c2-c2ccccc2)c1. The molecule has 28 heavy (non-hydrogen) atoms. The molecule has 0 fully saturated rings. The number of nitrogens with zero attached hydrogens (tertiary/aromatic N) is 1. The van der Waals surface area contributed by atoms with Crippen molar-refractivity contribution in [2.75, 3.05) is 0 Å². The standard InChI is InChI=1S/C25H21N3/c1-16-9-8-12-19(15-16)24-23(18-10-4-3-5-11-18)27-25(28-24)22-17(2)26-21-14-7-6-13-20(21)22/h3-15,26H,1-2H3,(H,27,28). The van der Waals surface area contributed by atoms with Gasteiger partial charge in [-0.05, 0) is 26.0 Å². The zero-order valence-electron chi connectivity index (χ0n) is 16.0. The van der Waals surface area contributed by atoms with Crippen LogP contribution in [-0.2, 0) is 0 Å². The van der Waals surface area contributed by atoms with Crippen LogP contribution in [0.1, 0.15) is 11.3 Å². The first-order valence-electron chi connectivity index (χ1n) is 9.51. The van der Waals surface area contributed by atoms with Gasteiger partial charge in [0, 0.05) is 33.3 Å². The average molecular weight is 363 g/mol. The first kappa shape index (κ1) is 16.6. The van der Waals surface area contributed by atoms with Crippen molar-refractivity contribution in [3.63, 3.8) is 0 Å². The molecule has 3 aromatic carbocycles. The van der Waals surface area contributed by atoms with Gasteiger partial charge in [-0.25, -0.2) is 4.98 Å². The van der Waals surface area contributed by atoms with E-state index in [9.17, 15) is 0 Å². The summed E-state index contributed by atoms with van der Waals surface area (Å²) in [5.41, 5.74) is 8.89. The summed E-state index contributed by atoms with van der Waals surface area (Å²) < 4.78 is 0. The van der Waals surface area contributed by atoms with Crippen LogP contribution in [0.25, 0.3) is 44.8 Å². The summed E-state index contributed by atoms with van der Waals surface area (Å²) in [5, 5.41) is 1.18. The number of para-hydroxylation sites is 1. The summed E-state index contributed by atoms with van der Waals surface area (Å²) in [6.45, 7) is 4.22. The van der Waals surface area contributed by atoms with Crippen molar-refractivity contribution in [2.24, 2.45) is 0 Å². The third kappa shape index (κ3) is 2.72. The van der Waals surface area contributed by atoms with Gasteiger partial charge in [0.15, 0.2) is 0 Å². The van der Waals surface area contributed by atoms with Crippen LogP contribution in [0.15, 0.2) is 78.9 Å². The molecule has 2 N–H and O–H groups in total. The summed E-state index contributed by atoms with van der Waals surface area (Å²) in [7, 11) is 0. The van der Waals surface area contributed by atoms with Crippen molar-refractivity contribution in [1.82, 2.24) is 15.0 Å². The highest BCUT2D eigenvalue weighted by Crippen LogP contribution is 2.36. The Balaban J connectivity index is 1.78. The fourth-order valence-corrected chi connectivity index (χ4v) is 3.89. The van der Waals surface area contributed by atoms with E-state index in [2.05, 4.69) is 96.6 Å². The second-order valence-corrected chi connectivity index (χ2v) is 7.22. The van der Waals surface area contributed by atoms with E-state index in [4.69, 9.17) is 4.98 Å². The number of hydrogen-bond donors (Lipinski definition) is 2. The maximum atomic E-state index is 5.08. The van der Waals surface area contributed by atoms with Crippen LogP contribution in [-0.4, -0.2) is 15.0 Å². The van der Waals surface area contributed by atoms with Crippen molar-refractivity contribution >= 4 is 10.9 Å². The molecule has 3 nitrogen and oxygen atoms in total. The summed E-state index contributed by atoms with van der Waals surface area (Å²) in [6.07, 6.45) is 0. The van der Waals surface area contributed by atoms with Crippen molar-refractivity contribution in [2.45, 2.75) is 13.8 Å². The molecular formula is C25H21N3. The van der Waals surface area contributed by atoms with E-state index in [0.29, 0.717) is 0 Å². The predicted octanol–water partition coefficient (Wildman–Crippen LogP) is 6.51. The molecule has 3 heteroatoms. The zero-order valence-corrected chi connectivity index (χ0v) is 16.0. The third-order valence-electron chi connectivity index (χ3n) is 5.19. The molecule has 0 aliphatic carbocycles. The van der Waals surface area contributed by atoms with E-state index in [-0.39, 0.29) is 0 Å². The van der Waals surface area contributed by atoms with E-state index in [1.807, 2.05) is 6.07 Å². The van der Waals surface area contributed by atoms with Crippen molar-refractivity contribution in [3.05, 3.63) is 90.1 Å². The molecular weight excluding hydrogens is 342 g/mol. The smallest absolute Gasteiger partial charge is 0.140 e. The van der Waals surface area contributed by atoms with Crippen molar-refractivity contribution in [3.8, 4) is 33.9 Å². The molecule has 0 bridgehead atoms. The second-order valence-electron chi connectivity index (χ2n) is 7.22. The second kappa shape index (κ2) is 6.54. The molecule has 2 heterocycles. The van der Waals surface area contributed by atoms with Crippen LogP contribution in [0.5, 0.6) is 0 Å². The number of benzene rings is 3. The fraction of sp³-hybridized carbons (Fsp3) is 0.0800. The minimum absolute atomic E-state index is 0.894. The average Bonchev–Trinajstić information content (AvgIpc) is 3.29. The van der Waals surface area contributed by atoms with E-state index in [0.717, 1.165) is 45.1 Å². The Morgan fingerprint density at radius 3 is 2.29 bits per heavy atom. The molecule has 0 unspecified atom stereocenters. The first-order valence-corrected chi connectivity index (χ1v) is 9.51. The Labute approximate surface area is 164 Å². The van der Waals surface area contributed by atoms with Crippen molar-refractivity contribution in [1.29, 1.82) is 0 Å². The number of aromatic nitrogens is 3. The number of fused-ring (bicyclic) bond motifs is 1. The van der Waals surface area contributed by atoms with Gasteiger partial charge < -0.3 is 9.97 Å². The molecule has 2 aromatic heterocycles. The molecule has 0 amide bonds. The molecule has 5 aromatic rings. The third-order valence-corrected chi connectivity index (χ3v) is 5.19. The molecule has 0 radical (unpaired) electrons.